The van der Waals surface area contributed by atoms with E-state index in [1.807, 2.05) is 48.5 Å². The van der Waals surface area contributed by atoms with Crippen LogP contribution in [0.5, 0.6) is 11.5 Å². The molecule has 2 heterocycles. The third-order valence-electron chi connectivity index (χ3n) is 5.54. The predicted molar refractivity (Wildman–Crippen MR) is 128 cm³/mol. The van der Waals surface area contributed by atoms with Crippen LogP contribution >= 0.6 is 11.6 Å². The minimum atomic E-state index is -0.123. The second kappa shape index (κ2) is 8.44. The lowest BCUT2D eigenvalue weighted by Gasteiger charge is -2.09. The molecule has 5 rings (SSSR count). The van der Waals surface area contributed by atoms with Gasteiger partial charge in [-0.2, -0.15) is 0 Å². The molecule has 3 aromatic carbocycles. The van der Waals surface area contributed by atoms with Crippen LogP contribution in [0.3, 0.4) is 0 Å². The number of hydrogen-bond acceptors (Lipinski definition) is 3. The van der Waals surface area contributed by atoms with E-state index in [-0.39, 0.29) is 5.91 Å². The highest BCUT2D eigenvalue weighted by Gasteiger charge is 2.24. The summed E-state index contributed by atoms with van der Waals surface area (Å²) in [6.07, 6.45) is 4.01. The number of carbonyl (C=O) groups excluding carboxylic acids is 1. The average molecular weight is 445 g/mol. The number of hydrogen-bond donors (Lipinski definition) is 1. The van der Waals surface area contributed by atoms with Crippen LogP contribution in [0.1, 0.15) is 11.1 Å². The van der Waals surface area contributed by atoms with E-state index in [0.29, 0.717) is 23.7 Å². The van der Waals surface area contributed by atoms with Crippen LogP contribution in [0.2, 0.25) is 5.02 Å². The Morgan fingerprint density at radius 3 is 2.62 bits per heavy atom. The summed E-state index contributed by atoms with van der Waals surface area (Å²) in [5.41, 5.74) is 4.31. The molecule has 1 aliphatic heterocycles. The first kappa shape index (κ1) is 20.2. The van der Waals surface area contributed by atoms with Gasteiger partial charge in [-0.1, -0.05) is 35.9 Å². The largest absolute Gasteiger partial charge is 0.497 e. The molecule has 6 heteroatoms. The van der Waals surface area contributed by atoms with Gasteiger partial charge >= 0.3 is 0 Å². The number of nitrogens with one attached hydrogen (secondary N) is 1. The van der Waals surface area contributed by atoms with Crippen molar-refractivity contribution in [1.29, 1.82) is 0 Å². The van der Waals surface area contributed by atoms with Crippen molar-refractivity contribution >= 4 is 45.7 Å². The molecule has 4 aromatic rings. The maximum atomic E-state index is 12.6. The summed E-state index contributed by atoms with van der Waals surface area (Å²) < 4.78 is 13.2. The van der Waals surface area contributed by atoms with E-state index >= 15 is 0 Å². The van der Waals surface area contributed by atoms with Crippen LogP contribution in [-0.4, -0.2) is 24.2 Å². The average Bonchev–Trinajstić information content (AvgIpc) is 3.31. The Kier molecular flexibility index (Phi) is 5.33. The molecule has 0 spiro atoms. The fraction of sp³-hybridized carbons (Fsp3) is 0.115. The number of halogens is 1. The Balaban J connectivity index is 1.42. The Bertz CT molecular complexity index is 1340. The van der Waals surface area contributed by atoms with Gasteiger partial charge in [0, 0.05) is 38.8 Å². The Morgan fingerprint density at radius 2 is 1.81 bits per heavy atom. The van der Waals surface area contributed by atoms with Crippen LogP contribution in [0.15, 0.2) is 72.9 Å². The summed E-state index contributed by atoms with van der Waals surface area (Å²) in [5, 5.41) is 4.58. The van der Waals surface area contributed by atoms with Gasteiger partial charge in [-0.3, -0.25) is 4.79 Å². The molecule has 160 valence electrons. The van der Waals surface area contributed by atoms with Gasteiger partial charge in [-0.25, -0.2) is 0 Å². The van der Waals surface area contributed by atoms with Crippen molar-refractivity contribution in [1.82, 2.24) is 4.57 Å². The van der Waals surface area contributed by atoms with E-state index in [1.165, 1.54) is 0 Å². The number of fused-ring (bicyclic) bond motifs is 2. The third kappa shape index (κ3) is 3.83. The predicted octanol–water partition coefficient (Wildman–Crippen LogP) is 5.88. The number of methoxy groups -OCH3 is 1. The number of carbonyl (C=O) groups is 1. The lowest BCUT2D eigenvalue weighted by Crippen LogP contribution is -2.07. The molecule has 0 atom stereocenters. The number of anilines is 1. The number of rotatable bonds is 6. The van der Waals surface area contributed by atoms with Crippen molar-refractivity contribution in [2.45, 2.75) is 6.54 Å². The highest BCUT2D eigenvalue weighted by Crippen LogP contribution is 2.36. The number of ether oxygens (including phenoxy) is 2. The number of amides is 1. The molecule has 5 nitrogen and oxygen atoms in total. The van der Waals surface area contributed by atoms with E-state index in [4.69, 9.17) is 21.1 Å². The van der Waals surface area contributed by atoms with Gasteiger partial charge in [0.25, 0.3) is 5.91 Å². The molecule has 1 aliphatic rings. The lowest BCUT2D eigenvalue weighted by atomic mass is 10.0. The lowest BCUT2D eigenvalue weighted by molar-refractivity contribution is -0.110. The maximum Gasteiger partial charge on any atom is 0.256 e. The first-order chi connectivity index (χ1) is 15.6. The molecule has 1 amide bonds. The molecule has 0 fully saturated rings. The number of benzene rings is 3. The zero-order valence-electron chi connectivity index (χ0n) is 17.5. The molecule has 1 aromatic heterocycles. The highest BCUT2D eigenvalue weighted by atomic mass is 35.5. The number of para-hydroxylation sites is 1. The van der Waals surface area contributed by atoms with Crippen molar-refractivity contribution < 1.29 is 14.3 Å². The smallest absolute Gasteiger partial charge is 0.256 e. The van der Waals surface area contributed by atoms with E-state index in [9.17, 15) is 4.79 Å². The SMILES string of the molecule is COc1ccc(OCCn2cc(/C=C3/C(=O)Nc4cc(Cl)ccc43)c3ccccc32)cc1. The number of aromatic nitrogens is 1. The fourth-order valence-electron chi connectivity index (χ4n) is 3.97. The normalized spacial score (nSPS) is 13.9. The van der Waals surface area contributed by atoms with Crippen molar-refractivity contribution in [2.24, 2.45) is 0 Å². The van der Waals surface area contributed by atoms with E-state index < -0.39 is 0 Å². The zero-order valence-corrected chi connectivity index (χ0v) is 18.2. The minimum absolute atomic E-state index is 0.123. The van der Waals surface area contributed by atoms with Gasteiger partial charge < -0.3 is 19.4 Å². The fourth-order valence-corrected chi connectivity index (χ4v) is 4.15. The molecule has 0 saturated heterocycles. The summed E-state index contributed by atoms with van der Waals surface area (Å²) >= 11 is 6.08. The minimum Gasteiger partial charge on any atom is -0.497 e. The van der Waals surface area contributed by atoms with Crippen LogP contribution in [0, 0.1) is 0 Å². The van der Waals surface area contributed by atoms with Gasteiger partial charge in [-0.05, 0) is 48.5 Å². The van der Waals surface area contributed by atoms with Gasteiger partial charge in [0.05, 0.1) is 19.3 Å². The summed E-state index contributed by atoms with van der Waals surface area (Å²) in [4.78, 5) is 12.6. The molecule has 0 unspecified atom stereocenters. The van der Waals surface area contributed by atoms with Crippen molar-refractivity contribution in [3.63, 3.8) is 0 Å². The van der Waals surface area contributed by atoms with Crippen LogP contribution < -0.4 is 14.8 Å². The van der Waals surface area contributed by atoms with E-state index in [2.05, 4.69) is 28.2 Å². The van der Waals surface area contributed by atoms with Crippen LogP contribution in [-0.2, 0) is 11.3 Å². The maximum absolute atomic E-state index is 12.6. The first-order valence-electron chi connectivity index (χ1n) is 10.3. The molecular formula is C26H21ClN2O3. The third-order valence-corrected chi connectivity index (χ3v) is 5.78. The summed E-state index contributed by atoms with van der Waals surface area (Å²) in [7, 11) is 1.64. The van der Waals surface area contributed by atoms with Crippen LogP contribution in [0.25, 0.3) is 22.6 Å². The Hall–Kier alpha value is -3.70. The topological polar surface area (TPSA) is 52.5 Å². The molecule has 1 N–H and O–H groups in total. The Morgan fingerprint density at radius 1 is 1.03 bits per heavy atom. The van der Waals surface area contributed by atoms with Crippen molar-refractivity contribution in [3.8, 4) is 11.5 Å². The summed E-state index contributed by atoms with van der Waals surface area (Å²) in [6, 6.07) is 21.2. The molecule has 0 bridgehead atoms. The van der Waals surface area contributed by atoms with Crippen molar-refractivity contribution in [3.05, 3.63) is 89.1 Å². The van der Waals surface area contributed by atoms with Crippen molar-refractivity contribution in [2.75, 3.05) is 19.0 Å². The van der Waals surface area contributed by atoms with Crippen LogP contribution in [0.4, 0.5) is 5.69 Å². The summed E-state index contributed by atoms with van der Waals surface area (Å²) in [5.74, 6) is 1.47. The van der Waals surface area contributed by atoms with E-state index in [0.717, 1.165) is 39.2 Å². The van der Waals surface area contributed by atoms with E-state index in [1.54, 1.807) is 19.2 Å². The Labute approximate surface area is 190 Å². The number of nitrogens with zero attached hydrogens (tertiary/aromatic N) is 1. The molecular weight excluding hydrogens is 424 g/mol. The molecule has 0 saturated carbocycles. The second-order valence-electron chi connectivity index (χ2n) is 7.52. The molecule has 0 radical (unpaired) electrons. The quantitative estimate of drug-likeness (QED) is 0.378. The highest BCUT2D eigenvalue weighted by molar-refractivity contribution is 6.36. The molecule has 32 heavy (non-hydrogen) atoms. The monoisotopic (exact) mass is 444 g/mol. The van der Waals surface area contributed by atoms with Gasteiger partial charge in [0.15, 0.2) is 0 Å². The first-order valence-corrected chi connectivity index (χ1v) is 10.7. The second-order valence-corrected chi connectivity index (χ2v) is 7.96. The summed E-state index contributed by atoms with van der Waals surface area (Å²) in [6.45, 7) is 1.19. The molecule has 0 aliphatic carbocycles. The van der Waals surface area contributed by atoms with Gasteiger partial charge in [0.2, 0.25) is 0 Å². The zero-order chi connectivity index (χ0) is 22.1. The van der Waals surface area contributed by atoms with Gasteiger partial charge in [0.1, 0.15) is 18.1 Å². The standard InChI is InChI=1S/C26H21ClN2O3/c1-31-19-7-9-20(10-8-19)32-13-12-29-16-17(21-4-2-3-5-25(21)29)14-23-22-11-6-18(27)15-24(22)28-26(23)30/h2-11,14-16H,12-13H2,1H3,(H,28,30)/b23-14+. The van der Waals surface area contributed by atoms with Gasteiger partial charge in [-0.15, -0.1) is 0 Å².